The normalized spacial score (nSPS) is 16.2. The van der Waals surface area contributed by atoms with E-state index in [4.69, 9.17) is 32.7 Å². The summed E-state index contributed by atoms with van der Waals surface area (Å²) in [4.78, 5) is 21.0. The minimum Gasteiger partial charge on any atom is -0.462 e. The van der Waals surface area contributed by atoms with Crippen LogP contribution in [0.5, 0.6) is 5.75 Å². The van der Waals surface area contributed by atoms with Gasteiger partial charge in [-0.1, -0.05) is 71.4 Å². The van der Waals surface area contributed by atoms with Crippen molar-refractivity contribution < 1.29 is 27.4 Å². The Kier molecular flexibility index (Phi) is 10.2. The lowest BCUT2D eigenvalue weighted by Gasteiger charge is -2.36. The molecule has 242 valence electrons. The summed E-state index contributed by atoms with van der Waals surface area (Å²) in [5, 5.41) is 2.14. The van der Waals surface area contributed by atoms with Crippen molar-refractivity contribution in [1.82, 2.24) is 9.80 Å². The third-order valence-electron chi connectivity index (χ3n) is 8.17. The van der Waals surface area contributed by atoms with Gasteiger partial charge in [-0.15, -0.1) is 0 Å². The third kappa shape index (κ3) is 7.52. The summed E-state index contributed by atoms with van der Waals surface area (Å²) >= 11 is 14.0. The Hall–Kier alpha value is -3.15. The number of fused-ring (bicyclic) bond motifs is 3. The van der Waals surface area contributed by atoms with Gasteiger partial charge < -0.3 is 19.3 Å². The summed E-state index contributed by atoms with van der Waals surface area (Å²) in [6, 6.07) is 22.7. The molecule has 4 aromatic rings. The van der Waals surface area contributed by atoms with E-state index < -0.39 is 23.3 Å². The molecule has 4 aromatic carbocycles. The van der Waals surface area contributed by atoms with E-state index in [9.17, 15) is 18.0 Å². The number of esters is 1. The first-order valence-electron chi connectivity index (χ1n) is 15.0. The standard InChI is InChI=1S/C34H32Cl2F3N3O3S/c35-26-11-12-29(25-7-2-1-6-24(25)26)45-32(36)33(43)44-21-20-41-18-16-40(17-19-41)14-5-15-42-27-8-3-4-9-30(27)46-31-13-10-23(22-28(31)42)34(37,38)39/h1-4,6-13,22,32H,5,14-21H2. The van der Waals surface area contributed by atoms with Gasteiger partial charge in [0.25, 0.3) is 5.56 Å². The Morgan fingerprint density at radius 2 is 1.50 bits per heavy atom. The van der Waals surface area contributed by atoms with Crippen LogP contribution in [-0.2, 0) is 15.7 Å². The van der Waals surface area contributed by atoms with Gasteiger partial charge in [0.05, 0.1) is 16.9 Å². The van der Waals surface area contributed by atoms with Crippen LogP contribution in [-0.4, -0.2) is 73.8 Å². The molecule has 6 nitrogen and oxygen atoms in total. The second kappa shape index (κ2) is 14.3. The monoisotopic (exact) mass is 689 g/mol. The van der Waals surface area contributed by atoms with Gasteiger partial charge in [0.1, 0.15) is 12.4 Å². The summed E-state index contributed by atoms with van der Waals surface area (Å²) in [6.45, 7) is 5.53. The Morgan fingerprint density at radius 1 is 0.826 bits per heavy atom. The Labute approximate surface area is 279 Å². The van der Waals surface area contributed by atoms with E-state index >= 15 is 0 Å². The molecule has 2 aliphatic rings. The van der Waals surface area contributed by atoms with E-state index in [1.807, 2.05) is 53.4 Å². The largest absolute Gasteiger partial charge is 0.462 e. The van der Waals surface area contributed by atoms with Crippen LogP contribution < -0.4 is 9.64 Å². The summed E-state index contributed by atoms with van der Waals surface area (Å²) in [7, 11) is 0. The maximum absolute atomic E-state index is 13.5. The smallest absolute Gasteiger partial charge is 0.416 e. The van der Waals surface area contributed by atoms with E-state index in [-0.39, 0.29) is 6.61 Å². The molecule has 2 heterocycles. The molecule has 0 N–H and O–H groups in total. The first-order valence-corrected chi connectivity index (χ1v) is 16.7. The highest BCUT2D eigenvalue weighted by atomic mass is 35.5. The second-order valence-electron chi connectivity index (χ2n) is 11.1. The summed E-state index contributed by atoms with van der Waals surface area (Å²) in [6.07, 6.45) is -3.60. The van der Waals surface area contributed by atoms with Gasteiger partial charge in [0.2, 0.25) is 0 Å². The number of benzene rings is 4. The molecule has 0 aromatic heterocycles. The molecule has 0 saturated carbocycles. The molecular weight excluding hydrogens is 658 g/mol. The van der Waals surface area contributed by atoms with Crippen molar-refractivity contribution >= 4 is 63.1 Å². The molecule has 12 heteroatoms. The van der Waals surface area contributed by atoms with Crippen molar-refractivity contribution in [1.29, 1.82) is 0 Å². The summed E-state index contributed by atoms with van der Waals surface area (Å²) < 4.78 is 51.7. The lowest BCUT2D eigenvalue weighted by Crippen LogP contribution is -2.48. The number of ether oxygens (including phenoxy) is 2. The molecule has 6 rings (SSSR count). The number of carbonyl (C=O) groups is 1. The van der Waals surface area contributed by atoms with E-state index in [0.29, 0.717) is 29.5 Å². The lowest BCUT2D eigenvalue weighted by atomic mass is 10.1. The minimum absolute atomic E-state index is 0.193. The number of rotatable bonds is 10. The van der Waals surface area contributed by atoms with Crippen molar-refractivity contribution in [3.05, 3.63) is 89.4 Å². The quantitative estimate of drug-likeness (QED) is 0.123. The van der Waals surface area contributed by atoms with Gasteiger partial charge >= 0.3 is 12.1 Å². The average molecular weight is 691 g/mol. The molecular formula is C34H32Cl2F3N3O3S. The first kappa shape index (κ1) is 32.8. The fraction of sp³-hybridized carbons (Fsp3) is 0.324. The lowest BCUT2D eigenvalue weighted by molar-refractivity contribution is -0.148. The molecule has 1 fully saturated rings. The number of carbonyl (C=O) groups excluding carboxylic acids is 1. The van der Waals surface area contributed by atoms with Crippen LogP contribution in [0.25, 0.3) is 10.8 Å². The maximum atomic E-state index is 13.5. The zero-order valence-electron chi connectivity index (χ0n) is 24.8. The van der Waals surface area contributed by atoms with Crippen LogP contribution in [0.1, 0.15) is 12.0 Å². The molecule has 0 radical (unpaired) electrons. The minimum atomic E-state index is -4.40. The van der Waals surface area contributed by atoms with Crippen LogP contribution in [0.3, 0.4) is 0 Å². The number of nitrogens with zero attached hydrogens (tertiary/aromatic N) is 3. The van der Waals surface area contributed by atoms with Gasteiger partial charge in [-0.25, -0.2) is 4.79 Å². The molecule has 0 aliphatic carbocycles. The number of para-hydroxylation sites is 1. The maximum Gasteiger partial charge on any atom is 0.416 e. The van der Waals surface area contributed by atoms with Crippen molar-refractivity contribution in [3.8, 4) is 5.75 Å². The zero-order chi connectivity index (χ0) is 32.3. The van der Waals surface area contributed by atoms with Crippen molar-refractivity contribution in [2.75, 3.05) is 57.3 Å². The summed E-state index contributed by atoms with van der Waals surface area (Å²) in [5.41, 5.74) is -0.394. The zero-order valence-corrected chi connectivity index (χ0v) is 27.1. The molecule has 0 bridgehead atoms. The number of anilines is 2. The number of hydrogen-bond acceptors (Lipinski definition) is 7. The van der Waals surface area contributed by atoms with Gasteiger partial charge in [0, 0.05) is 64.9 Å². The van der Waals surface area contributed by atoms with E-state index in [2.05, 4.69) is 9.80 Å². The molecule has 0 amide bonds. The van der Waals surface area contributed by atoms with Gasteiger partial charge in [-0.2, -0.15) is 13.2 Å². The fourth-order valence-corrected chi connectivity index (χ4v) is 7.24. The highest BCUT2D eigenvalue weighted by Gasteiger charge is 2.33. The van der Waals surface area contributed by atoms with Crippen LogP contribution >= 0.6 is 35.0 Å². The van der Waals surface area contributed by atoms with Crippen molar-refractivity contribution in [3.63, 3.8) is 0 Å². The predicted molar refractivity (Wildman–Crippen MR) is 177 cm³/mol. The SMILES string of the molecule is O=C(OCCN1CCN(CCCN2c3ccccc3Sc3ccc(C(F)(F)F)cc32)CC1)C(Cl)Oc1ccc(Cl)c2ccccc12. The van der Waals surface area contributed by atoms with Crippen LogP contribution in [0.2, 0.25) is 5.02 Å². The molecule has 0 spiro atoms. The Bertz CT molecular complexity index is 1700. The topological polar surface area (TPSA) is 45.2 Å². The number of piperazine rings is 1. The van der Waals surface area contributed by atoms with Crippen molar-refractivity contribution in [2.24, 2.45) is 0 Å². The second-order valence-corrected chi connectivity index (χ2v) is 13.0. The molecule has 2 aliphatic heterocycles. The van der Waals surface area contributed by atoms with E-state index in [0.717, 1.165) is 71.5 Å². The molecule has 46 heavy (non-hydrogen) atoms. The summed E-state index contributed by atoms with van der Waals surface area (Å²) in [5.74, 6) is -0.201. The number of hydrogen-bond donors (Lipinski definition) is 0. The van der Waals surface area contributed by atoms with Crippen LogP contribution in [0.4, 0.5) is 24.5 Å². The number of alkyl halides is 4. The predicted octanol–water partition coefficient (Wildman–Crippen LogP) is 8.31. The highest BCUT2D eigenvalue weighted by molar-refractivity contribution is 7.99. The van der Waals surface area contributed by atoms with E-state index in [1.54, 1.807) is 18.2 Å². The Morgan fingerprint density at radius 3 is 2.26 bits per heavy atom. The van der Waals surface area contributed by atoms with Gasteiger partial charge in [-0.3, -0.25) is 4.90 Å². The molecule has 1 saturated heterocycles. The van der Waals surface area contributed by atoms with Crippen molar-refractivity contribution in [2.45, 2.75) is 28.0 Å². The Balaban J connectivity index is 0.951. The van der Waals surface area contributed by atoms with Gasteiger partial charge in [0.15, 0.2) is 0 Å². The first-order chi connectivity index (χ1) is 22.2. The molecule has 1 unspecified atom stereocenters. The molecule has 1 atom stereocenters. The fourth-order valence-electron chi connectivity index (χ4n) is 5.77. The highest BCUT2D eigenvalue weighted by Crippen LogP contribution is 2.49. The number of halogens is 5. The van der Waals surface area contributed by atoms with Gasteiger partial charge in [-0.05, 0) is 55.4 Å². The van der Waals surface area contributed by atoms with E-state index in [1.165, 1.54) is 17.8 Å². The average Bonchev–Trinajstić information content (AvgIpc) is 3.05. The third-order valence-corrected chi connectivity index (χ3v) is 9.90. The van der Waals surface area contributed by atoms with Crippen LogP contribution in [0, 0.1) is 0 Å². The van der Waals surface area contributed by atoms with Crippen LogP contribution in [0.15, 0.2) is 88.7 Å².